The maximum absolute atomic E-state index is 10.4. The van der Waals surface area contributed by atoms with Crippen LogP contribution in [-0.4, -0.2) is 24.9 Å². The van der Waals surface area contributed by atoms with E-state index in [-0.39, 0.29) is 11.3 Å². The van der Waals surface area contributed by atoms with Crippen LogP contribution in [0.15, 0.2) is 24.3 Å². The molecule has 1 rings (SSSR count). The average molecular weight is 222 g/mol. The number of carbonyl (C=O) groups is 1. The number of rotatable bonds is 4. The van der Waals surface area contributed by atoms with Gasteiger partial charge in [-0.05, 0) is 17.7 Å². The van der Waals surface area contributed by atoms with Gasteiger partial charge in [0.05, 0.1) is 5.97 Å². The van der Waals surface area contributed by atoms with Crippen LogP contribution in [0.3, 0.4) is 0 Å². The summed E-state index contributed by atoms with van der Waals surface area (Å²) in [6, 6.07) is 7.58. The monoisotopic (exact) mass is 222 g/mol. The molecule has 0 unspecified atom stereocenters. The molecular weight excluding hydrogens is 210 g/mol. The van der Waals surface area contributed by atoms with E-state index < -0.39 is 5.97 Å². The van der Waals surface area contributed by atoms with Crippen molar-refractivity contribution in [3.05, 3.63) is 29.8 Å². The number of benzene rings is 1. The average Bonchev–Trinajstić information content (AvgIpc) is 2.18. The third kappa shape index (κ3) is 3.32. The van der Waals surface area contributed by atoms with Gasteiger partial charge in [0.1, 0.15) is 0 Å². The predicted molar refractivity (Wildman–Crippen MR) is 62.1 cm³/mol. The molecule has 0 aromatic heterocycles. The summed E-state index contributed by atoms with van der Waals surface area (Å²) in [6.07, 6.45) is 0.255. The van der Waals surface area contributed by atoms with Crippen LogP contribution in [-0.2, 0) is 11.2 Å². The first kappa shape index (κ1) is 11.7. The topological polar surface area (TPSA) is 43.4 Å². The largest absolute Gasteiger partial charge is 0.544 e. The maximum atomic E-state index is 10.4. The number of aliphatic carboxylic acids is 1. The fourth-order valence-electron chi connectivity index (χ4n) is 1.17. The molecule has 0 aliphatic carbocycles. The summed E-state index contributed by atoms with van der Waals surface area (Å²) in [5, 5.41) is 10.4. The van der Waals surface area contributed by atoms with E-state index >= 15 is 0 Å². The zero-order chi connectivity index (χ0) is 11.4. The summed E-state index contributed by atoms with van der Waals surface area (Å²) in [7, 11) is 3.89. The molecule has 0 heterocycles. The summed E-state index contributed by atoms with van der Waals surface area (Å²) in [5.74, 6) is -1.26. The molecule has 0 saturated carbocycles. The lowest BCUT2D eigenvalue weighted by atomic mass is 10.1. The first-order chi connectivity index (χ1) is 7.00. The number of nitrogens with zero attached hydrogens (tertiary/aromatic N) is 1. The summed E-state index contributed by atoms with van der Waals surface area (Å²) < 4.78 is 0. The van der Waals surface area contributed by atoms with Crippen LogP contribution in [0.4, 0.5) is 5.69 Å². The molecule has 0 spiro atoms. The highest BCUT2D eigenvalue weighted by Gasteiger charge is 2.01. The van der Waals surface area contributed by atoms with Crippen molar-refractivity contribution in [3.8, 4) is 0 Å². The van der Waals surface area contributed by atoms with Crippen molar-refractivity contribution in [2.75, 3.05) is 19.0 Å². The fourth-order valence-corrected chi connectivity index (χ4v) is 1.34. The van der Waals surface area contributed by atoms with E-state index in [4.69, 9.17) is 0 Å². The number of carboxylic acids is 1. The van der Waals surface area contributed by atoms with Gasteiger partial charge in [-0.25, -0.2) is 0 Å². The van der Waals surface area contributed by atoms with Gasteiger partial charge in [0, 0.05) is 31.1 Å². The molecule has 4 heteroatoms. The van der Waals surface area contributed by atoms with Crippen molar-refractivity contribution >= 4 is 28.7 Å². The molecule has 80 valence electrons. The van der Waals surface area contributed by atoms with Gasteiger partial charge in [-0.2, -0.15) is 0 Å². The second-order valence-corrected chi connectivity index (χ2v) is 3.94. The molecule has 15 heavy (non-hydrogen) atoms. The van der Waals surface area contributed by atoms with Crippen LogP contribution in [0.25, 0.3) is 0 Å². The van der Waals surface area contributed by atoms with E-state index in [1.165, 1.54) is 0 Å². The van der Waals surface area contributed by atoms with Crippen LogP contribution < -0.4 is 10.0 Å². The first-order valence-corrected chi connectivity index (χ1v) is 4.92. The van der Waals surface area contributed by atoms with Crippen LogP contribution in [0.2, 0.25) is 0 Å². The Morgan fingerprint density at radius 2 is 1.87 bits per heavy atom. The molecule has 0 saturated heterocycles. The Kier molecular flexibility index (Phi) is 3.80. The number of carboxylic acid groups (broad SMARTS) is 1. The normalized spacial score (nSPS) is 9.73. The Bertz CT molecular complexity index is 371. The van der Waals surface area contributed by atoms with Crippen LogP contribution in [0.1, 0.15) is 5.56 Å². The third-order valence-electron chi connectivity index (χ3n) is 2.05. The van der Waals surface area contributed by atoms with Gasteiger partial charge in [-0.1, -0.05) is 24.4 Å². The molecule has 0 aliphatic heterocycles. The van der Waals surface area contributed by atoms with Gasteiger partial charge in [-0.15, -0.1) is 0 Å². The molecule has 0 N–H and O–H groups in total. The molecule has 1 aromatic rings. The van der Waals surface area contributed by atoms with E-state index in [2.05, 4.69) is 12.2 Å². The minimum atomic E-state index is -1.26. The highest BCUT2D eigenvalue weighted by Crippen LogP contribution is 2.12. The molecule has 1 aromatic carbocycles. The Morgan fingerprint density at radius 1 is 1.33 bits per heavy atom. The smallest absolute Gasteiger partial charge is 0.0785 e. The van der Waals surface area contributed by atoms with Crippen molar-refractivity contribution < 1.29 is 9.90 Å². The quantitative estimate of drug-likeness (QED) is 0.692. The lowest BCUT2D eigenvalue weighted by molar-refractivity contribution is -0.293. The molecule has 0 atom stereocenters. The highest BCUT2D eigenvalue weighted by atomic mass is 32.1. The van der Waals surface area contributed by atoms with Gasteiger partial charge in [0.15, 0.2) is 0 Å². The zero-order valence-corrected chi connectivity index (χ0v) is 9.50. The van der Waals surface area contributed by atoms with Crippen molar-refractivity contribution in [1.29, 1.82) is 0 Å². The summed E-state index contributed by atoms with van der Waals surface area (Å²) >= 11 is 4.67. The van der Waals surface area contributed by atoms with Crippen LogP contribution >= 0.6 is 12.2 Å². The van der Waals surface area contributed by atoms with Gasteiger partial charge in [-0.3, -0.25) is 0 Å². The second-order valence-electron chi connectivity index (χ2n) is 3.45. The standard InChI is InChI=1S/C11H13NO2S/c1-12(2)9-5-3-8(4-6-9)7-10(15)11(13)14/h3-6H,7H2,1-2H3,(H,13,14)/p-1. The van der Waals surface area contributed by atoms with E-state index in [1.807, 2.05) is 43.3 Å². The molecule has 0 amide bonds. The first-order valence-electron chi connectivity index (χ1n) is 4.51. The Morgan fingerprint density at radius 3 is 2.27 bits per heavy atom. The minimum absolute atomic E-state index is 0.0624. The Hall–Kier alpha value is -1.42. The number of hydrogen-bond acceptors (Lipinski definition) is 4. The maximum Gasteiger partial charge on any atom is 0.0785 e. The third-order valence-corrected chi connectivity index (χ3v) is 2.36. The van der Waals surface area contributed by atoms with Gasteiger partial charge >= 0.3 is 0 Å². The van der Waals surface area contributed by atoms with Gasteiger partial charge in [0.2, 0.25) is 0 Å². The highest BCUT2D eigenvalue weighted by molar-refractivity contribution is 7.82. The summed E-state index contributed by atoms with van der Waals surface area (Å²) in [6.45, 7) is 0. The lowest BCUT2D eigenvalue weighted by Gasteiger charge is -2.12. The van der Waals surface area contributed by atoms with E-state index in [9.17, 15) is 9.90 Å². The Balaban J connectivity index is 2.73. The number of hydrogen-bond donors (Lipinski definition) is 0. The zero-order valence-electron chi connectivity index (χ0n) is 8.69. The molecule has 0 fully saturated rings. The van der Waals surface area contributed by atoms with Crippen LogP contribution in [0.5, 0.6) is 0 Å². The number of thiocarbonyl (C=S) groups is 1. The molecule has 0 radical (unpaired) electrons. The minimum Gasteiger partial charge on any atom is -0.544 e. The summed E-state index contributed by atoms with van der Waals surface area (Å²) in [4.78, 5) is 12.3. The van der Waals surface area contributed by atoms with E-state index in [0.717, 1.165) is 11.3 Å². The molecular formula is C11H12NO2S-. The predicted octanol–water partition coefficient (Wildman–Crippen LogP) is 0.415. The SMILES string of the molecule is CN(C)c1ccc(CC(=S)C(=O)[O-])cc1. The van der Waals surface area contributed by atoms with Crippen molar-refractivity contribution in [2.45, 2.75) is 6.42 Å². The van der Waals surface area contributed by atoms with Crippen molar-refractivity contribution in [3.63, 3.8) is 0 Å². The van der Waals surface area contributed by atoms with Gasteiger partial charge in [0.25, 0.3) is 0 Å². The Labute approximate surface area is 94.3 Å². The number of anilines is 1. The van der Waals surface area contributed by atoms with Gasteiger partial charge < -0.3 is 14.8 Å². The number of carbonyl (C=O) groups excluding carboxylic acids is 1. The van der Waals surface area contributed by atoms with Crippen molar-refractivity contribution in [2.24, 2.45) is 0 Å². The molecule has 3 nitrogen and oxygen atoms in total. The summed E-state index contributed by atoms with van der Waals surface area (Å²) in [5.41, 5.74) is 1.95. The second kappa shape index (κ2) is 4.89. The fraction of sp³-hybridized carbons (Fsp3) is 0.273. The molecule has 0 aliphatic rings. The molecule has 0 bridgehead atoms. The van der Waals surface area contributed by atoms with E-state index in [0.29, 0.717) is 0 Å². The van der Waals surface area contributed by atoms with Crippen molar-refractivity contribution in [1.82, 2.24) is 0 Å². The van der Waals surface area contributed by atoms with E-state index in [1.54, 1.807) is 0 Å². The lowest BCUT2D eigenvalue weighted by Crippen LogP contribution is -2.31. The van der Waals surface area contributed by atoms with Crippen LogP contribution in [0, 0.1) is 0 Å².